The van der Waals surface area contributed by atoms with Crippen LogP contribution in [-0.2, 0) is 0 Å². The minimum Gasteiger partial charge on any atom is -0.300 e. The SMILES string of the molecule is C=C/C=C\C(=N)C1=CC=C(c2cc(C)cc(/C3=C/C=C4/c5ccccc5C5CC4C=CC3=C5C)c2)CC=C1. The van der Waals surface area contributed by atoms with Gasteiger partial charge in [0.15, 0.2) is 0 Å². The second kappa shape index (κ2) is 9.91. The highest BCUT2D eigenvalue weighted by molar-refractivity contribution is 6.08. The molecule has 186 valence electrons. The monoisotopic (exact) mass is 491 g/mol. The van der Waals surface area contributed by atoms with Crippen molar-refractivity contribution in [2.45, 2.75) is 32.6 Å². The molecule has 0 saturated carbocycles. The zero-order valence-electron chi connectivity index (χ0n) is 22.2. The highest BCUT2D eigenvalue weighted by Crippen LogP contribution is 2.51. The summed E-state index contributed by atoms with van der Waals surface area (Å²) in [7, 11) is 0. The summed E-state index contributed by atoms with van der Waals surface area (Å²) >= 11 is 0. The van der Waals surface area contributed by atoms with Gasteiger partial charge in [-0.25, -0.2) is 0 Å². The fraction of sp³-hybridized carbons (Fsp3) is 0.162. The van der Waals surface area contributed by atoms with Crippen molar-refractivity contribution in [3.8, 4) is 0 Å². The van der Waals surface area contributed by atoms with E-state index < -0.39 is 0 Å². The molecule has 0 spiro atoms. The molecule has 6 rings (SSSR count). The van der Waals surface area contributed by atoms with Gasteiger partial charge in [-0.2, -0.15) is 0 Å². The van der Waals surface area contributed by atoms with E-state index in [9.17, 15) is 0 Å². The molecule has 0 saturated heterocycles. The van der Waals surface area contributed by atoms with Gasteiger partial charge in [0.2, 0.25) is 0 Å². The van der Waals surface area contributed by atoms with Gasteiger partial charge in [0.25, 0.3) is 0 Å². The molecule has 0 amide bonds. The molecule has 1 nitrogen and oxygen atoms in total. The summed E-state index contributed by atoms with van der Waals surface area (Å²) in [5, 5.41) is 8.36. The Morgan fingerprint density at radius 1 is 0.974 bits per heavy atom. The maximum absolute atomic E-state index is 8.36. The first-order valence-corrected chi connectivity index (χ1v) is 13.5. The van der Waals surface area contributed by atoms with Gasteiger partial charge < -0.3 is 5.41 Å². The molecule has 2 aromatic rings. The Balaban J connectivity index is 1.44. The average Bonchev–Trinajstić information content (AvgIpc) is 3.21. The van der Waals surface area contributed by atoms with Gasteiger partial charge in [-0.15, -0.1) is 0 Å². The molecule has 1 heteroatoms. The van der Waals surface area contributed by atoms with Crippen LogP contribution in [0.4, 0.5) is 0 Å². The first kappa shape index (κ1) is 24.1. The molecule has 2 aromatic carbocycles. The molecule has 0 fully saturated rings. The molecule has 0 aliphatic heterocycles. The third-order valence-corrected chi connectivity index (χ3v) is 8.27. The van der Waals surface area contributed by atoms with Crippen molar-refractivity contribution < 1.29 is 0 Å². The Bertz CT molecular complexity index is 1610. The van der Waals surface area contributed by atoms with Crippen LogP contribution in [0.1, 0.15) is 53.5 Å². The highest BCUT2D eigenvalue weighted by atomic mass is 14.4. The van der Waals surface area contributed by atoms with Gasteiger partial charge in [0, 0.05) is 11.8 Å². The average molecular weight is 492 g/mol. The molecule has 3 bridgehead atoms. The molecule has 4 aliphatic rings. The van der Waals surface area contributed by atoms with Gasteiger partial charge in [0.1, 0.15) is 0 Å². The number of rotatable bonds is 5. The van der Waals surface area contributed by atoms with E-state index in [4.69, 9.17) is 5.41 Å². The van der Waals surface area contributed by atoms with Crippen molar-refractivity contribution >= 4 is 22.4 Å². The van der Waals surface area contributed by atoms with Crippen molar-refractivity contribution in [2.24, 2.45) is 5.92 Å². The number of hydrogen-bond acceptors (Lipinski definition) is 1. The zero-order valence-corrected chi connectivity index (χ0v) is 22.2. The van der Waals surface area contributed by atoms with Crippen LogP contribution in [0, 0.1) is 18.3 Å². The van der Waals surface area contributed by atoms with Crippen molar-refractivity contribution in [3.63, 3.8) is 0 Å². The summed E-state index contributed by atoms with van der Waals surface area (Å²) in [6.45, 7) is 8.24. The first-order valence-electron chi connectivity index (χ1n) is 13.5. The van der Waals surface area contributed by atoms with Gasteiger partial charge in [-0.1, -0.05) is 109 Å². The van der Waals surface area contributed by atoms with E-state index in [-0.39, 0.29) is 0 Å². The standard InChI is InChI=1S/C37H33N/c1-4-5-13-37(38)27-10-8-9-26(14-15-27)29-20-24(2)21-30(22-29)33-19-18-32-28-16-17-31(33)25(3)36(23-28)35-12-7-6-11-34(32)35/h4-8,10-22,28,36,38H,1,9,23H2,2-3H3/b13-5-,32-18+,33-19-,38-37?. The molecule has 1 N–H and O–H groups in total. The summed E-state index contributed by atoms with van der Waals surface area (Å²) in [4.78, 5) is 0. The van der Waals surface area contributed by atoms with Gasteiger partial charge in [0.05, 0.1) is 5.71 Å². The quantitative estimate of drug-likeness (QED) is 0.318. The van der Waals surface area contributed by atoms with Crippen LogP contribution in [0.25, 0.3) is 16.7 Å². The van der Waals surface area contributed by atoms with Crippen molar-refractivity contribution in [1.29, 1.82) is 5.41 Å². The lowest BCUT2D eigenvalue weighted by Crippen LogP contribution is -2.16. The lowest BCUT2D eigenvalue weighted by Gasteiger charge is -2.32. The van der Waals surface area contributed by atoms with Crippen LogP contribution in [-0.4, -0.2) is 5.71 Å². The van der Waals surface area contributed by atoms with Crippen LogP contribution in [0.3, 0.4) is 0 Å². The van der Waals surface area contributed by atoms with E-state index in [0.29, 0.717) is 17.5 Å². The number of fused-ring (bicyclic) bond motifs is 5. The zero-order chi connectivity index (χ0) is 26.2. The van der Waals surface area contributed by atoms with E-state index >= 15 is 0 Å². The van der Waals surface area contributed by atoms with Crippen LogP contribution >= 0.6 is 0 Å². The number of hydrogen-bond donors (Lipinski definition) is 1. The molecular weight excluding hydrogens is 458 g/mol. The molecule has 38 heavy (non-hydrogen) atoms. The van der Waals surface area contributed by atoms with Gasteiger partial charge in [-0.05, 0) is 94.5 Å². The van der Waals surface area contributed by atoms with Gasteiger partial charge >= 0.3 is 0 Å². The Kier molecular flexibility index (Phi) is 6.29. The second-order valence-electron chi connectivity index (χ2n) is 10.7. The third-order valence-electron chi connectivity index (χ3n) is 8.27. The fourth-order valence-electron chi connectivity index (χ4n) is 6.33. The normalized spacial score (nSPS) is 24.4. The summed E-state index contributed by atoms with van der Waals surface area (Å²) < 4.78 is 0. The van der Waals surface area contributed by atoms with Crippen LogP contribution in [0.15, 0.2) is 133 Å². The predicted octanol–water partition coefficient (Wildman–Crippen LogP) is 9.50. The Morgan fingerprint density at radius 2 is 1.82 bits per heavy atom. The minimum absolute atomic E-state index is 0.452. The van der Waals surface area contributed by atoms with Crippen molar-refractivity contribution in [2.75, 3.05) is 0 Å². The molecule has 0 heterocycles. The molecule has 0 radical (unpaired) electrons. The van der Waals surface area contributed by atoms with E-state index in [0.717, 1.165) is 18.4 Å². The maximum Gasteiger partial charge on any atom is 0.0612 e. The van der Waals surface area contributed by atoms with Crippen molar-refractivity contribution in [3.05, 3.63) is 160 Å². The van der Waals surface area contributed by atoms with Crippen LogP contribution < -0.4 is 0 Å². The van der Waals surface area contributed by atoms with Gasteiger partial charge in [-0.3, -0.25) is 0 Å². The molecule has 2 unspecified atom stereocenters. The van der Waals surface area contributed by atoms with E-state index in [2.05, 4.69) is 105 Å². The molecule has 2 atom stereocenters. The van der Waals surface area contributed by atoms with Crippen molar-refractivity contribution in [1.82, 2.24) is 0 Å². The lowest BCUT2D eigenvalue weighted by molar-refractivity contribution is 0.620. The Labute approximate surface area is 226 Å². The fourth-order valence-corrected chi connectivity index (χ4v) is 6.33. The summed E-state index contributed by atoms with van der Waals surface area (Å²) in [6.07, 6.45) is 25.3. The number of aryl methyl sites for hydroxylation is 1. The smallest absolute Gasteiger partial charge is 0.0612 e. The molecule has 4 aliphatic carbocycles. The summed E-state index contributed by atoms with van der Waals surface area (Å²) in [5.41, 5.74) is 14.9. The highest BCUT2D eigenvalue weighted by Gasteiger charge is 2.34. The van der Waals surface area contributed by atoms with E-state index in [1.165, 1.54) is 55.7 Å². The third kappa shape index (κ3) is 4.29. The maximum atomic E-state index is 8.36. The van der Waals surface area contributed by atoms with Crippen LogP contribution in [0.2, 0.25) is 0 Å². The molecule has 0 aromatic heterocycles. The second-order valence-corrected chi connectivity index (χ2v) is 10.7. The van der Waals surface area contributed by atoms with E-state index in [1.807, 2.05) is 12.2 Å². The first-order chi connectivity index (χ1) is 18.5. The number of allylic oxidation sites excluding steroid dienone is 17. The molecular formula is C37H33N. The largest absolute Gasteiger partial charge is 0.300 e. The summed E-state index contributed by atoms with van der Waals surface area (Å²) in [6, 6.07) is 16.0. The predicted molar refractivity (Wildman–Crippen MR) is 163 cm³/mol. The topological polar surface area (TPSA) is 23.9 Å². The number of nitrogens with one attached hydrogen (secondary N) is 1. The summed E-state index contributed by atoms with van der Waals surface area (Å²) in [5.74, 6) is 0.921. The van der Waals surface area contributed by atoms with E-state index in [1.54, 1.807) is 12.2 Å². The Morgan fingerprint density at radius 3 is 2.68 bits per heavy atom. The number of benzene rings is 2. The minimum atomic E-state index is 0.452. The lowest BCUT2D eigenvalue weighted by atomic mass is 9.72. The Hall–Kier alpha value is -4.23. The van der Waals surface area contributed by atoms with Crippen LogP contribution in [0.5, 0.6) is 0 Å².